The van der Waals surface area contributed by atoms with Crippen molar-refractivity contribution in [3.8, 4) is 0 Å². The van der Waals surface area contributed by atoms with Crippen molar-refractivity contribution in [2.45, 2.75) is 6.54 Å². The second-order valence-electron chi connectivity index (χ2n) is 5.22. The highest BCUT2D eigenvalue weighted by Gasteiger charge is 2.24. The second-order valence-corrected chi connectivity index (χ2v) is 5.22. The van der Waals surface area contributed by atoms with Crippen molar-refractivity contribution in [1.29, 1.82) is 0 Å². The number of carbonyl (C=O) groups excluding carboxylic acids is 1. The molecule has 1 aromatic carbocycles. The van der Waals surface area contributed by atoms with Crippen LogP contribution in [0.3, 0.4) is 0 Å². The normalized spacial score (nSPS) is 22.1. The Hall–Kier alpha value is -1.46. The van der Waals surface area contributed by atoms with Crippen LogP contribution in [0.15, 0.2) is 24.3 Å². The molecular formula is C14H20FN3O. The molecule has 1 aliphatic heterocycles. The molecule has 0 spiro atoms. The number of primary amides is 1. The van der Waals surface area contributed by atoms with E-state index in [1.54, 1.807) is 12.1 Å². The largest absolute Gasteiger partial charge is 0.369 e. The number of rotatable bonds is 3. The van der Waals surface area contributed by atoms with Crippen LogP contribution in [0.1, 0.15) is 5.56 Å². The van der Waals surface area contributed by atoms with E-state index >= 15 is 0 Å². The Morgan fingerprint density at radius 2 is 2.00 bits per heavy atom. The maximum atomic E-state index is 12.9. The number of carbonyl (C=O) groups is 1. The Morgan fingerprint density at radius 1 is 1.32 bits per heavy atom. The van der Waals surface area contributed by atoms with Gasteiger partial charge in [-0.2, -0.15) is 0 Å². The zero-order chi connectivity index (χ0) is 13.8. The van der Waals surface area contributed by atoms with Gasteiger partial charge in [0.15, 0.2) is 0 Å². The van der Waals surface area contributed by atoms with E-state index in [9.17, 15) is 9.18 Å². The number of benzene rings is 1. The Bertz CT molecular complexity index is 435. The SMILES string of the molecule is CN1CCN(Cc2ccc(F)cc2)C[C@H](C(N)=O)C1. The molecule has 1 fully saturated rings. The van der Waals surface area contributed by atoms with Gasteiger partial charge in [0.25, 0.3) is 0 Å². The number of amides is 1. The minimum absolute atomic E-state index is 0.145. The number of halogens is 1. The Morgan fingerprint density at radius 3 is 2.63 bits per heavy atom. The number of nitrogens with two attached hydrogens (primary N) is 1. The molecule has 1 atom stereocenters. The molecule has 0 aliphatic carbocycles. The highest BCUT2D eigenvalue weighted by Crippen LogP contribution is 2.12. The minimum Gasteiger partial charge on any atom is -0.369 e. The molecule has 1 heterocycles. The molecule has 1 aliphatic rings. The fourth-order valence-corrected chi connectivity index (χ4v) is 2.41. The van der Waals surface area contributed by atoms with Crippen molar-refractivity contribution >= 4 is 5.91 Å². The third kappa shape index (κ3) is 4.01. The minimum atomic E-state index is -0.252. The molecule has 104 valence electrons. The average Bonchev–Trinajstić information content (AvgIpc) is 2.55. The summed E-state index contributed by atoms with van der Waals surface area (Å²) in [7, 11) is 2.00. The van der Waals surface area contributed by atoms with E-state index in [0.717, 1.165) is 25.2 Å². The number of likely N-dealkylation sites (N-methyl/N-ethyl adjacent to an activating group) is 1. The lowest BCUT2D eigenvalue weighted by Crippen LogP contribution is -2.37. The van der Waals surface area contributed by atoms with Crippen LogP contribution in [0.2, 0.25) is 0 Å². The molecule has 0 saturated carbocycles. The monoisotopic (exact) mass is 265 g/mol. The quantitative estimate of drug-likeness (QED) is 0.874. The summed E-state index contributed by atoms with van der Waals surface area (Å²) in [6, 6.07) is 6.49. The van der Waals surface area contributed by atoms with Crippen molar-refractivity contribution in [2.24, 2.45) is 11.7 Å². The van der Waals surface area contributed by atoms with Crippen molar-refractivity contribution in [3.63, 3.8) is 0 Å². The summed E-state index contributed by atoms with van der Waals surface area (Å²) >= 11 is 0. The molecule has 2 rings (SSSR count). The maximum absolute atomic E-state index is 12.9. The first-order valence-electron chi connectivity index (χ1n) is 6.49. The fraction of sp³-hybridized carbons (Fsp3) is 0.500. The Balaban J connectivity index is 2.02. The van der Waals surface area contributed by atoms with Gasteiger partial charge in [-0.15, -0.1) is 0 Å². The van der Waals surface area contributed by atoms with Crippen LogP contribution in [-0.2, 0) is 11.3 Å². The van der Waals surface area contributed by atoms with Crippen LogP contribution in [0.5, 0.6) is 0 Å². The van der Waals surface area contributed by atoms with E-state index in [-0.39, 0.29) is 17.6 Å². The molecule has 1 aromatic rings. The number of hydrogen-bond donors (Lipinski definition) is 1. The molecule has 1 saturated heterocycles. The summed E-state index contributed by atoms with van der Waals surface area (Å²) in [6.45, 7) is 3.88. The Kier molecular flexibility index (Phi) is 4.50. The highest BCUT2D eigenvalue weighted by atomic mass is 19.1. The zero-order valence-electron chi connectivity index (χ0n) is 11.2. The van der Waals surface area contributed by atoms with Crippen molar-refractivity contribution in [1.82, 2.24) is 9.80 Å². The number of hydrogen-bond acceptors (Lipinski definition) is 3. The second kappa shape index (κ2) is 6.12. The van der Waals surface area contributed by atoms with E-state index in [2.05, 4.69) is 9.80 Å². The third-order valence-corrected chi connectivity index (χ3v) is 3.53. The summed E-state index contributed by atoms with van der Waals surface area (Å²) in [4.78, 5) is 15.7. The maximum Gasteiger partial charge on any atom is 0.223 e. The summed E-state index contributed by atoms with van der Waals surface area (Å²) in [5, 5.41) is 0. The van der Waals surface area contributed by atoms with Gasteiger partial charge in [-0.05, 0) is 24.7 Å². The topological polar surface area (TPSA) is 49.6 Å². The van der Waals surface area contributed by atoms with E-state index < -0.39 is 0 Å². The van der Waals surface area contributed by atoms with Crippen LogP contribution in [-0.4, -0.2) is 48.9 Å². The van der Waals surface area contributed by atoms with Crippen molar-refractivity contribution in [2.75, 3.05) is 33.2 Å². The van der Waals surface area contributed by atoms with Gasteiger partial charge in [0.05, 0.1) is 5.92 Å². The summed E-state index contributed by atoms with van der Waals surface area (Å²) in [6.07, 6.45) is 0. The van der Waals surface area contributed by atoms with Crippen LogP contribution < -0.4 is 5.73 Å². The van der Waals surface area contributed by atoms with Crippen LogP contribution in [0.25, 0.3) is 0 Å². The van der Waals surface area contributed by atoms with Gasteiger partial charge in [0, 0.05) is 32.7 Å². The van der Waals surface area contributed by atoms with E-state index in [4.69, 9.17) is 5.73 Å². The predicted molar refractivity (Wildman–Crippen MR) is 71.9 cm³/mol. The van der Waals surface area contributed by atoms with Gasteiger partial charge < -0.3 is 10.6 Å². The van der Waals surface area contributed by atoms with Crippen molar-refractivity contribution in [3.05, 3.63) is 35.6 Å². The lowest BCUT2D eigenvalue weighted by molar-refractivity contribution is -0.122. The third-order valence-electron chi connectivity index (χ3n) is 3.53. The van der Waals surface area contributed by atoms with Crippen LogP contribution in [0, 0.1) is 11.7 Å². The Labute approximate surface area is 113 Å². The highest BCUT2D eigenvalue weighted by molar-refractivity contribution is 5.77. The lowest BCUT2D eigenvalue weighted by atomic mass is 10.1. The lowest BCUT2D eigenvalue weighted by Gasteiger charge is -2.22. The number of nitrogens with zero attached hydrogens (tertiary/aromatic N) is 2. The van der Waals surface area contributed by atoms with E-state index in [1.807, 2.05) is 7.05 Å². The molecular weight excluding hydrogens is 245 g/mol. The first kappa shape index (κ1) is 14.0. The standard InChI is InChI=1S/C14H20FN3O/c1-17-6-7-18(10-12(9-17)14(16)19)8-11-2-4-13(15)5-3-11/h2-5,12H,6-10H2,1H3,(H2,16,19)/t12-/m1/s1. The van der Waals surface area contributed by atoms with Gasteiger partial charge in [-0.1, -0.05) is 12.1 Å². The van der Waals surface area contributed by atoms with E-state index in [1.165, 1.54) is 12.1 Å². The molecule has 0 aromatic heterocycles. The fourth-order valence-electron chi connectivity index (χ4n) is 2.41. The summed E-state index contributed by atoms with van der Waals surface area (Å²) < 4.78 is 12.9. The predicted octanol–water partition coefficient (Wildman–Crippen LogP) is 0.675. The van der Waals surface area contributed by atoms with Crippen LogP contribution in [0.4, 0.5) is 4.39 Å². The molecule has 0 bridgehead atoms. The van der Waals surface area contributed by atoms with Gasteiger partial charge in [-0.3, -0.25) is 9.69 Å². The molecule has 0 radical (unpaired) electrons. The molecule has 19 heavy (non-hydrogen) atoms. The van der Waals surface area contributed by atoms with Crippen molar-refractivity contribution < 1.29 is 9.18 Å². The average molecular weight is 265 g/mol. The molecule has 2 N–H and O–H groups in total. The smallest absolute Gasteiger partial charge is 0.223 e. The molecule has 5 heteroatoms. The van der Waals surface area contributed by atoms with Gasteiger partial charge >= 0.3 is 0 Å². The molecule has 1 amide bonds. The van der Waals surface area contributed by atoms with Gasteiger partial charge in [0.1, 0.15) is 5.82 Å². The van der Waals surface area contributed by atoms with Crippen LogP contribution >= 0.6 is 0 Å². The first-order valence-corrected chi connectivity index (χ1v) is 6.49. The van der Waals surface area contributed by atoms with Gasteiger partial charge in [-0.25, -0.2) is 4.39 Å². The first-order chi connectivity index (χ1) is 9.04. The summed E-state index contributed by atoms with van der Waals surface area (Å²) in [5.41, 5.74) is 6.48. The van der Waals surface area contributed by atoms with Gasteiger partial charge in [0.2, 0.25) is 5.91 Å². The summed E-state index contributed by atoms with van der Waals surface area (Å²) in [5.74, 6) is -0.625. The van der Waals surface area contributed by atoms with E-state index in [0.29, 0.717) is 13.1 Å². The molecule has 0 unspecified atom stereocenters. The molecule has 4 nitrogen and oxygen atoms in total. The zero-order valence-corrected chi connectivity index (χ0v) is 11.2.